The van der Waals surface area contributed by atoms with Gasteiger partial charge in [0, 0.05) is 25.2 Å². The van der Waals surface area contributed by atoms with Crippen LogP contribution >= 0.6 is 0 Å². The third-order valence-corrected chi connectivity index (χ3v) is 3.67. The van der Waals surface area contributed by atoms with E-state index in [4.69, 9.17) is 0 Å². The van der Waals surface area contributed by atoms with Gasteiger partial charge in [-0.1, -0.05) is 20.8 Å². The lowest BCUT2D eigenvalue weighted by molar-refractivity contribution is -0.135. The molecule has 1 amide bonds. The van der Waals surface area contributed by atoms with Crippen LogP contribution < -0.4 is 0 Å². The predicted molar refractivity (Wildman–Crippen MR) is 83.3 cm³/mol. The number of hydrogen-bond donors (Lipinski definition) is 0. The van der Waals surface area contributed by atoms with Gasteiger partial charge in [0.05, 0.1) is 5.92 Å². The second-order valence-electron chi connectivity index (χ2n) is 6.02. The molecule has 0 N–H and O–H groups in total. The number of likely N-dealkylation sites (tertiary alicyclic amines) is 1. The van der Waals surface area contributed by atoms with E-state index in [2.05, 4.69) is 39.5 Å². The summed E-state index contributed by atoms with van der Waals surface area (Å²) in [4.78, 5) is 16.8. The molecule has 1 aliphatic heterocycles. The van der Waals surface area contributed by atoms with Crippen LogP contribution in [0.15, 0.2) is 0 Å². The molecule has 1 rings (SSSR count). The molecule has 0 radical (unpaired) electrons. The molecule has 0 aromatic heterocycles. The molecule has 0 spiro atoms. The van der Waals surface area contributed by atoms with E-state index in [-0.39, 0.29) is 11.5 Å². The van der Waals surface area contributed by atoms with Crippen molar-refractivity contribution in [2.75, 3.05) is 26.2 Å². The Labute approximate surface area is 120 Å². The summed E-state index contributed by atoms with van der Waals surface area (Å²) < 4.78 is 0. The van der Waals surface area contributed by atoms with E-state index in [9.17, 15) is 4.79 Å². The molecule has 3 heteroatoms. The third-order valence-electron chi connectivity index (χ3n) is 3.67. The minimum absolute atomic E-state index is 0.191. The number of rotatable bonds is 4. The van der Waals surface area contributed by atoms with Crippen molar-refractivity contribution < 1.29 is 4.79 Å². The fourth-order valence-electron chi connectivity index (χ4n) is 2.52. The lowest BCUT2D eigenvalue weighted by Gasteiger charge is -2.32. The predicted octanol–water partition coefficient (Wildman–Crippen LogP) is 3.39. The molecule has 0 saturated carbocycles. The first kappa shape index (κ1) is 18.4. The van der Waals surface area contributed by atoms with Gasteiger partial charge < -0.3 is 4.90 Å². The fourth-order valence-corrected chi connectivity index (χ4v) is 2.52. The molecule has 1 saturated heterocycles. The summed E-state index contributed by atoms with van der Waals surface area (Å²) in [5.74, 6) is 0.585. The molecule has 1 fully saturated rings. The monoisotopic (exact) mass is 270 g/mol. The number of amides is 1. The van der Waals surface area contributed by atoms with Gasteiger partial charge in [0.2, 0.25) is 5.91 Å². The maximum atomic E-state index is 12.3. The highest BCUT2D eigenvalue weighted by Crippen LogP contribution is 2.25. The van der Waals surface area contributed by atoms with E-state index in [0.717, 1.165) is 39.0 Å². The van der Waals surface area contributed by atoms with Crippen LogP contribution in [-0.4, -0.2) is 47.4 Å². The summed E-state index contributed by atoms with van der Waals surface area (Å²) >= 11 is 0. The lowest BCUT2D eigenvalue weighted by atomic mass is 10.1. The topological polar surface area (TPSA) is 23.6 Å². The Balaban J connectivity index is 0.00000154. The fraction of sp³-hybridized carbons (Fsp3) is 0.938. The van der Waals surface area contributed by atoms with Crippen LogP contribution in [0.4, 0.5) is 0 Å². The number of carbonyl (C=O) groups is 1. The number of carbonyl (C=O) groups excluding carboxylic acids is 1. The Morgan fingerprint density at radius 2 is 1.84 bits per heavy atom. The van der Waals surface area contributed by atoms with Gasteiger partial charge in [-0.3, -0.25) is 9.69 Å². The van der Waals surface area contributed by atoms with Crippen LogP contribution in [-0.2, 0) is 4.79 Å². The Kier molecular flexibility index (Phi) is 8.31. The number of nitrogens with zero attached hydrogens (tertiary/aromatic N) is 2. The van der Waals surface area contributed by atoms with Crippen molar-refractivity contribution >= 4 is 5.91 Å². The maximum absolute atomic E-state index is 12.3. The van der Waals surface area contributed by atoms with Gasteiger partial charge in [0.15, 0.2) is 0 Å². The van der Waals surface area contributed by atoms with Crippen LogP contribution in [0.1, 0.15) is 61.3 Å². The highest BCUT2D eigenvalue weighted by molar-refractivity contribution is 5.79. The summed E-state index contributed by atoms with van der Waals surface area (Å²) in [5.41, 5.74) is 0.191. The molecular formula is C16H34N2O. The molecule has 0 aromatic rings. The average Bonchev–Trinajstić information content (AvgIpc) is 2.87. The van der Waals surface area contributed by atoms with Gasteiger partial charge in [-0.2, -0.15) is 0 Å². The second-order valence-corrected chi connectivity index (χ2v) is 6.02. The molecular weight excluding hydrogens is 236 g/mol. The van der Waals surface area contributed by atoms with Crippen molar-refractivity contribution in [2.45, 2.75) is 66.8 Å². The highest BCUT2D eigenvalue weighted by atomic mass is 16.2. The van der Waals surface area contributed by atoms with E-state index in [1.807, 2.05) is 18.7 Å². The van der Waals surface area contributed by atoms with Crippen molar-refractivity contribution in [1.29, 1.82) is 0 Å². The second kappa shape index (κ2) is 8.57. The molecule has 3 nitrogen and oxygen atoms in total. The van der Waals surface area contributed by atoms with Gasteiger partial charge in [-0.25, -0.2) is 0 Å². The zero-order valence-corrected chi connectivity index (χ0v) is 14.1. The van der Waals surface area contributed by atoms with Crippen molar-refractivity contribution in [3.05, 3.63) is 0 Å². The molecule has 114 valence electrons. The van der Waals surface area contributed by atoms with Crippen molar-refractivity contribution in [3.63, 3.8) is 0 Å². The minimum Gasteiger partial charge on any atom is -0.343 e. The van der Waals surface area contributed by atoms with Crippen LogP contribution in [0.25, 0.3) is 0 Å². The first-order chi connectivity index (χ1) is 8.90. The summed E-state index contributed by atoms with van der Waals surface area (Å²) in [5, 5.41) is 0. The zero-order valence-electron chi connectivity index (χ0n) is 14.1. The first-order valence-corrected chi connectivity index (χ1v) is 7.94. The summed E-state index contributed by atoms with van der Waals surface area (Å²) in [6.45, 7) is 18.6. The zero-order chi connectivity index (χ0) is 15.1. The van der Waals surface area contributed by atoms with Crippen LogP contribution in [0, 0.1) is 5.92 Å². The van der Waals surface area contributed by atoms with E-state index < -0.39 is 0 Å². The smallest absolute Gasteiger partial charge is 0.227 e. The van der Waals surface area contributed by atoms with E-state index in [1.165, 1.54) is 0 Å². The van der Waals surface area contributed by atoms with Gasteiger partial charge in [0.1, 0.15) is 0 Å². The lowest BCUT2D eigenvalue weighted by Crippen LogP contribution is -2.42. The van der Waals surface area contributed by atoms with Crippen molar-refractivity contribution in [1.82, 2.24) is 9.80 Å². The van der Waals surface area contributed by atoms with E-state index in [1.54, 1.807) is 0 Å². The van der Waals surface area contributed by atoms with Gasteiger partial charge in [-0.15, -0.1) is 0 Å². The van der Waals surface area contributed by atoms with Crippen LogP contribution in [0.3, 0.4) is 0 Å². The van der Waals surface area contributed by atoms with Crippen LogP contribution in [0.5, 0.6) is 0 Å². The average molecular weight is 270 g/mol. The minimum atomic E-state index is 0.191. The highest BCUT2D eigenvalue weighted by Gasteiger charge is 2.35. The third kappa shape index (κ3) is 5.52. The summed E-state index contributed by atoms with van der Waals surface area (Å²) in [7, 11) is 0. The Morgan fingerprint density at radius 1 is 1.26 bits per heavy atom. The van der Waals surface area contributed by atoms with E-state index >= 15 is 0 Å². The van der Waals surface area contributed by atoms with Gasteiger partial charge in [0.25, 0.3) is 0 Å². The molecule has 0 aliphatic carbocycles. The SMILES string of the molecule is CC.CCCN(CC)C(=O)[C@H]1CCN(C(C)(C)C)C1. The van der Waals surface area contributed by atoms with Crippen molar-refractivity contribution in [3.8, 4) is 0 Å². The largest absolute Gasteiger partial charge is 0.343 e. The maximum Gasteiger partial charge on any atom is 0.227 e. The van der Waals surface area contributed by atoms with Gasteiger partial charge in [-0.05, 0) is 47.1 Å². The normalized spacial score (nSPS) is 19.8. The Morgan fingerprint density at radius 3 is 2.21 bits per heavy atom. The summed E-state index contributed by atoms with van der Waals surface area (Å²) in [6, 6.07) is 0. The number of hydrogen-bond acceptors (Lipinski definition) is 2. The molecule has 0 unspecified atom stereocenters. The Hall–Kier alpha value is -0.570. The molecule has 19 heavy (non-hydrogen) atoms. The summed E-state index contributed by atoms with van der Waals surface area (Å²) in [6.07, 6.45) is 2.08. The van der Waals surface area contributed by atoms with Crippen molar-refractivity contribution in [2.24, 2.45) is 5.92 Å². The first-order valence-electron chi connectivity index (χ1n) is 7.94. The standard InChI is InChI=1S/C14H28N2O.C2H6/c1-6-9-15(7-2)13(17)12-8-10-16(11-12)14(3,4)5;1-2/h12H,6-11H2,1-5H3;1-2H3/t12-;/m0./s1. The Bertz CT molecular complexity index is 258. The van der Waals surface area contributed by atoms with E-state index in [0.29, 0.717) is 5.91 Å². The quantitative estimate of drug-likeness (QED) is 0.782. The van der Waals surface area contributed by atoms with Gasteiger partial charge >= 0.3 is 0 Å². The molecule has 1 atom stereocenters. The van der Waals surface area contributed by atoms with Crippen LogP contribution in [0.2, 0.25) is 0 Å². The molecule has 1 aliphatic rings. The molecule has 1 heterocycles. The molecule has 0 bridgehead atoms. The molecule has 0 aromatic carbocycles.